The van der Waals surface area contributed by atoms with Crippen LogP contribution in [0.25, 0.3) is 0 Å². The number of carbonyl (C=O) groups is 1. The maximum absolute atomic E-state index is 12.0. The van der Waals surface area contributed by atoms with Crippen LogP contribution in [0.3, 0.4) is 0 Å². The molecule has 5 nitrogen and oxygen atoms in total. The van der Waals surface area contributed by atoms with E-state index in [1.54, 1.807) is 0 Å². The molecule has 2 rings (SSSR count). The lowest BCUT2D eigenvalue weighted by Crippen LogP contribution is -2.40. The van der Waals surface area contributed by atoms with Gasteiger partial charge in [-0.15, -0.1) is 0 Å². The minimum absolute atomic E-state index is 0.0200. The van der Waals surface area contributed by atoms with Gasteiger partial charge in [0, 0.05) is 18.8 Å². The molecule has 104 valence electrons. The zero-order valence-corrected chi connectivity index (χ0v) is 12.2. The van der Waals surface area contributed by atoms with Crippen molar-refractivity contribution in [3.05, 3.63) is 17.5 Å². The lowest BCUT2D eigenvalue weighted by molar-refractivity contribution is -0.124. The summed E-state index contributed by atoms with van der Waals surface area (Å²) in [6, 6.07) is 2.05. The molecule has 0 atom stereocenters. The molecule has 19 heavy (non-hydrogen) atoms. The first kappa shape index (κ1) is 14.0. The van der Waals surface area contributed by atoms with E-state index in [0.717, 1.165) is 37.2 Å². The van der Waals surface area contributed by atoms with Gasteiger partial charge in [0.1, 0.15) is 0 Å². The summed E-state index contributed by atoms with van der Waals surface area (Å²) in [5, 5.41) is 7.30. The van der Waals surface area contributed by atoms with Gasteiger partial charge in [-0.05, 0) is 39.2 Å². The summed E-state index contributed by atoms with van der Waals surface area (Å²) in [6.45, 7) is 5.44. The first-order chi connectivity index (χ1) is 8.95. The average Bonchev–Trinajstić information content (AvgIpc) is 3.08. The Hall–Kier alpha value is -1.43. The van der Waals surface area contributed by atoms with E-state index in [1.165, 1.54) is 0 Å². The van der Waals surface area contributed by atoms with Gasteiger partial charge in [-0.1, -0.05) is 12.2 Å². The second kappa shape index (κ2) is 5.28. The highest BCUT2D eigenvalue weighted by Gasteiger charge is 2.52. The zero-order valence-electron chi connectivity index (χ0n) is 11.4. The second-order valence-corrected chi connectivity index (χ2v) is 5.65. The minimum atomic E-state index is -0.548. The summed E-state index contributed by atoms with van der Waals surface area (Å²) in [5.41, 5.74) is 7.22. The molecule has 1 amide bonds. The minimum Gasteiger partial charge on any atom is -0.392 e. The summed E-state index contributed by atoms with van der Waals surface area (Å²) in [7, 11) is 0. The number of nitrogens with zero attached hydrogens (tertiary/aromatic N) is 2. The fourth-order valence-electron chi connectivity index (χ4n) is 2.21. The van der Waals surface area contributed by atoms with Crippen LogP contribution < -0.4 is 11.1 Å². The molecule has 0 bridgehead atoms. The van der Waals surface area contributed by atoms with Crippen molar-refractivity contribution in [2.24, 2.45) is 11.1 Å². The molecule has 1 heterocycles. The predicted octanol–water partition coefficient (Wildman–Crippen LogP) is 1.07. The van der Waals surface area contributed by atoms with Crippen LogP contribution >= 0.6 is 12.2 Å². The third-order valence-electron chi connectivity index (χ3n) is 3.59. The monoisotopic (exact) mass is 280 g/mol. The Morgan fingerprint density at radius 1 is 1.58 bits per heavy atom. The maximum Gasteiger partial charge on any atom is 0.233 e. The van der Waals surface area contributed by atoms with Gasteiger partial charge < -0.3 is 11.1 Å². The number of rotatable bonds is 6. The lowest BCUT2D eigenvalue weighted by atomic mass is 10.1. The van der Waals surface area contributed by atoms with Crippen molar-refractivity contribution in [1.29, 1.82) is 0 Å². The standard InChI is InChI=1S/C13H20N4OS/c1-9-8-10(2)17(16-9)7-3-6-15-12(18)13(4-5-13)11(14)19/h8H,3-7H2,1-2H3,(H2,14,19)(H,15,18). The van der Waals surface area contributed by atoms with Crippen LogP contribution in [0.4, 0.5) is 0 Å². The molecule has 0 radical (unpaired) electrons. The van der Waals surface area contributed by atoms with Crippen molar-refractivity contribution in [3.8, 4) is 0 Å². The Morgan fingerprint density at radius 3 is 2.74 bits per heavy atom. The summed E-state index contributed by atoms with van der Waals surface area (Å²) in [4.78, 5) is 12.3. The van der Waals surface area contributed by atoms with Gasteiger partial charge in [0.2, 0.25) is 5.91 Å². The summed E-state index contributed by atoms with van der Waals surface area (Å²) >= 11 is 4.95. The number of carbonyl (C=O) groups excluding carboxylic acids is 1. The summed E-state index contributed by atoms with van der Waals surface area (Å²) < 4.78 is 1.96. The van der Waals surface area contributed by atoms with Crippen molar-refractivity contribution >= 4 is 23.1 Å². The van der Waals surface area contributed by atoms with Gasteiger partial charge in [-0.2, -0.15) is 5.10 Å². The van der Waals surface area contributed by atoms with Gasteiger partial charge in [-0.25, -0.2) is 0 Å². The highest BCUT2D eigenvalue weighted by molar-refractivity contribution is 7.80. The van der Waals surface area contributed by atoms with E-state index < -0.39 is 5.41 Å². The van der Waals surface area contributed by atoms with Crippen molar-refractivity contribution < 1.29 is 4.79 Å². The van der Waals surface area contributed by atoms with E-state index in [4.69, 9.17) is 18.0 Å². The third kappa shape index (κ3) is 2.94. The van der Waals surface area contributed by atoms with Crippen molar-refractivity contribution in [1.82, 2.24) is 15.1 Å². The van der Waals surface area contributed by atoms with Crippen molar-refractivity contribution in [2.75, 3.05) is 6.54 Å². The van der Waals surface area contributed by atoms with Gasteiger partial charge in [0.15, 0.2) is 0 Å². The van der Waals surface area contributed by atoms with Crippen LogP contribution in [0.1, 0.15) is 30.7 Å². The van der Waals surface area contributed by atoms with Crippen molar-refractivity contribution in [3.63, 3.8) is 0 Å². The molecule has 1 aliphatic rings. The van der Waals surface area contributed by atoms with Crippen LogP contribution in [-0.4, -0.2) is 27.2 Å². The molecule has 1 aromatic rings. The zero-order chi connectivity index (χ0) is 14.0. The highest BCUT2D eigenvalue weighted by Crippen LogP contribution is 2.46. The van der Waals surface area contributed by atoms with Gasteiger partial charge in [-0.3, -0.25) is 9.48 Å². The number of aryl methyl sites for hydroxylation is 3. The lowest BCUT2D eigenvalue weighted by Gasteiger charge is -2.13. The highest BCUT2D eigenvalue weighted by atomic mass is 32.1. The van der Waals surface area contributed by atoms with Crippen LogP contribution in [0.5, 0.6) is 0 Å². The molecule has 1 aromatic heterocycles. The Kier molecular flexibility index (Phi) is 3.89. The quantitative estimate of drug-likeness (QED) is 0.604. The number of hydrogen-bond donors (Lipinski definition) is 2. The molecule has 0 aromatic carbocycles. The van der Waals surface area contributed by atoms with Crippen LogP contribution in [0.15, 0.2) is 6.07 Å². The number of aromatic nitrogens is 2. The van der Waals surface area contributed by atoms with Crippen LogP contribution in [0, 0.1) is 19.3 Å². The third-order valence-corrected chi connectivity index (χ3v) is 3.98. The number of amides is 1. The summed E-state index contributed by atoms with van der Waals surface area (Å²) in [6.07, 6.45) is 2.42. The van der Waals surface area contributed by atoms with Gasteiger partial charge in [0.05, 0.1) is 16.1 Å². The van der Waals surface area contributed by atoms with E-state index in [2.05, 4.69) is 10.4 Å². The number of nitrogens with two attached hydrogens (primary N) is 1. The largest absolute Gasteiger partial charge is 0.392 e. The summed E-state index contributed by atoms with van der Waals surface area (Å²) in [5.74, 6) is -0.0200. The number of hydrogen-bond acceptors (Lipinski definition) is 3. The number of thiocarbonyl (C=S) groups is 1. The molecule has 3 N–H and O–H groups in total. The van der Waals surface area contributed by atoms with E-state index in [1.807, 2.05) is 24.6 Å². The molecule has 0 spiro atoms. The first-order valence-corrected chi connectivity index (χ1v) is 6.96. The Labute approximate surface area is 118 Å². The average molecular weight is 280 g/mol. The maximum atomic E-state index is 12.0. The fourth-order valence-corrected chi connectivity index (χ4v) is 2.51. The number of nitrogens with one attached hydrogen (secondary N) is 1. The van der Waals surface area contributed by atoms with E-state index in [0.29, 0.717) is 11.5 Å². The van der Waals surface area contributed by atoms with E-state index in [9.17, 15) is 4.79 Å². The van der Waals surface area contributed by atoms with Crippen molar-refractivity contribution in [2.45, 2.75) is 39.7 Å². The molecule has 6 heteroatoms. The Morgan fingerprint density at radius 2 is 2.26 bits per heavy atom. The molecule has 0 aliphatic heterocycles. The predicted molar refractivity (Wildman–Crippen MR) is 77.8 cm³/mol. The molecule has 0 saturated heterocycles. The second-order valence-electron chi connectivity index (χ2n) is 5.21. The smallest absolute Gasteiger partial charge is 0.233 e. The fraction of sp³-hybridized carbons (Fsp3) is 0.615. The molecule has 0 unspecified atom stereocenters. The van der Waals surface area contributed by atoms with Crippen LogP contribution in [-0.2, 0) is 11.3 Å². The molecule has 1 saturated carbocycles. The SMILES string of the molecule is Cc1cc(C)n(CCCNC(=O)C2(C(N)=S)CC2)n1. The van der Waals surface area contributed by atoms with Gasteiger partial charge >= 0.3 is 0 Å². The molecule has 1 aliphatic carbocycles. The Balaban J connectivity index is 1.74. The molecule has 1 fully saturated rings. The van der Waals surface area contributed by atoms with E-state index >= 15 is 0 Å². The molecular weight excluding hydrogens is 260 g/mol. The Bertz CT molecular complexity index is 505. The first-order valence-electron chi connectivity index (χ1n) is 6.55. The van der Waals surface area contributed by atoms with E-state index in [-0.39, 0.29) is 5.91 Å². The normalized spacial score (nSPS) is 16.1. The van der Waals surface area contributed by atoms with Gasteiger partial charge in [0.25, 0.3) is 0 Å². The van der Waals surface area contributed by atoms with Crippen LogP contribution in [0.2, 0.25) is 0 Å². The topological polar surface area (TPSA) is 72.9 Å². The molecular formula is C13H20N4OS.